The molecule has 3 heterocycles. The smallest absolute Gasteiger partial charge is 0.274 e. The minimum absolute atomic E-state index is 0.0377. The van der Waals surface area contributed by atoms with Crippen LogP contribution in [0.1, 0.15) is 84.1 Å². The fraction of sp³-hybridized carbons (Fsp3) is 0.667. The first-order valence-electron chi connectivity index (χ1n) is 12.0. The fourth-order valence-corrected chi connectivity index (χ4v) is 5.90. The number of aryl methyl sites for hydroxylation is 1. The third-order valence-corrected chi connectivity index (χ3v) is 7.62. The Morgan fingerprint density at radius 1 is 1.22 bits per heavy atom. The van der Waals surface area contributed by atoms with E-state index >= 15 is 0 Å². The Balaban J connectivity index is 1.35. The van der Waals surface area contributed by atoms with Gasteiger partial charge in [0, 0.05) is 56.8 Å². The lowest BCUT2D eigenvalue weighted by Gasteiger charge is -2.30. The summed E-state index contributed by atoms with van der Waals surface area (Å²) in [7, 11) is 3.56. The minimum atomic E-state index is -0.692. The monoisotopic (exact) mass is 439 g/mol. The highest BCUT2D eigenvalue weighted by molar-refractivity contribution is 5.95. The first kappa shape index (κ1) is 21.2. The van der Waals surface area contributed by atoms with Crippen LogP contribution in [0.2, 0.25) is 0 Å². The third-order valence-electron chi connectivity index (χ3n) is 7.62. The maximum absolute atomic E-state index is 13.3. The fourth-order valence-electron chi connectivity index (χ4n) is 5.90. The van der Waals surface area contributed by atoms with Crippen molar-refractivity contribution in [3.05, 3.63) is 34.5 Å². The van der Waals surface area contributed by atoms with Crippen LogP contribution < -0.4 is 0 Å². The number of H-pyrrole nitrogens is 1. The average Bonchev–Trinajstić information content (AvgIpc) is 3.58. The summed E-state index contributed by atoms with van der Waals surface area (Å²) in [6, 6.07) is 2.05. The molecule has 1 saturated heterocycles. The van der Waals surface area contributed by atoms with Gasteiger partial charge >= 0.3 is 0 Å². The van der Waals surface area contributed by atoms with Crippen molar-refractivity contribution in [3.8, 4) is 0 Å². The standard InChI is InChI=1S/C24H33N5O3/c1-28(2)23(31)24(14-17-13-20(27-32-17)16-7-4-3-5-8-16)11-12-29(15-24)22(30)21-18-9-6-10-19(18)25-26-21/h13,16H,3-12,14-15H2,1-2H3,(H,25,26)/t24-/m0/s1. The number of aromatic nitrogens is 3. The maximum Gasteiger partial charge on any atom is 0.274 e. The molecule has 0 bridgehead atoms. The van der Waals surface area contributed by atoms with Gasteiger partial charge in [0.1, 0.15) is 5.76 Å². The van der Waals surface area contributed by atoms with E-state index < -0.39 is 5.41 Å². The van der Waals surface area contributed by atoms with Crippen molar-refractivity contribution < 1.29 is 14.1 Å². The van der Waals surface area contributed by atoms with Crippen LogP contribution in [0.5, 0.6) is 0 Å². The van der Waals surface area contributed by atoms with Crippen molar-refractivity contribution in [2.45, 2.75) is 70.1 Å². The van der Waals surface area contributed by atoms with E-state index in [4.69, 9.17) is 4.52 Å². The van der Waals surface area contributed by atoms with Crippen LogP contribution in [-0.4, -0.2) is 64.2 Å². The van der Waals surface area contributed by atoms with Crippen molar-refractivity contribution in [2.24, 2.45) is 5.41 Å². The Morgan fingerprint density at radius 3 is 2.81 bits per heavy atom. The Bertz CT molecular complexity index is 1000. The zero-order chi connectivity index (χ0) is 22.3. The molecule has 0 spiro atoms. The van der Waals surface area contributed by atoms with E-state index in [0.29, 0.717) is 37.5 Å². The molecule has 172 valence electrons. The molecule has 8 nitrogen and oxygen atoms in total. The Kier molecular flexibility index (Phi) is 5.55. The number of rotatable bonds is 5. The molecule has 2 aromatic rings. The molecular weight excluding hydrogens is 406 g/mol. The maximum atomic E-state index is 13.3. The number of hydrogen-bond acceptors (Lipinski definition) is 5. The number of aromatic amines is 1. The molecule has 0 aromatic carbocycles. The van der Waals surface area contributed by atoms with Crippen molar-refractivity contribution in [1.29, 1.82) is 0 Å². The number of hydrogen-bond donors (Lipinski definition) is 1. The first-order chi connectivity index (χ1) is 15.5. The molecule has 1 N–H and O–H groups in total. The van der Waals surface area contributed by atoms with Crippen LogP contribution in [0.4, 0.5) is 0 Å². The Labute approximate surface area is 188 Å². The van der Waals surface area contributed by atoms with E-state index in [0.717, 1.165) is 54.8 Å². The van der Waals surface area contributed by atoms with E-state index in [9.17, 15) is 9.59 Å². The van der Waals surface area contributed by atoms with Gasteiger partial charge in [-0.2, -0.15) is 5.10 Å². The Morgan fingerprint density at radius 2 is 2.03 bits per heavy atom. The molecule has 0 radical (unpaired) electrons. The lowest BCUT2D eigenvalue weighted by Crippen LogP contribution is -2.44. The van der Waals surface area contributed by atoms with E-state index in [2.05, 4.69) is 15.4 Å². The van der Waals surface area contributed by atoms with Crippen molar-refractivity contribution in [3.63, 3.8) is 0 Å². The molecule has 1 saturated carbocycles. The number of amides is 2. The summed E-state index contributed by atoms with van der Waals surface area (Å²) in [4.78, 5) is 30.1. The van der Waals surface area contributed by atoms with E-state index in [-0.39, 0.29) is 11.8 Å². The zero-order valence-electron chi connectivity index (χ0n) is 19.2. The molecule has 32 heavy (non-hydrogen) atoms. The van der Waals surface area contributed by atoms with Crippen LogP contribution in [0.15, 0.2) is 10.6 Å². The quantitative estimate of drug-likeness (QED) is 0.772. The molecule has 2 aromatic heterocycles. The summed E-state index contributed by atoms with van der Waals surface area (Å²) in [6.45, 7) is 0.924. The lowest BCUT2D eigenvalue weighted by atomic mass is 9.80. The van der Waals surface area contributed by atoms with Gasteiger partial charge in [0.05, 0.1) is 11.1 Å². The van der Waals surface area contributed by atoms with Crippen molar-refractivity contribution in [1.82, 2.24) is 25.2 Å². The second kappa shape index (κ2) is 8.37. The first-order valence-corrected chi connectivity index (χ1v) is 12.0. The van der Waals surface area contributed by atoms with E-state index in [1.807, 2.05) is 6.07 Å². The van der Waals surface area contributed by atoms with Gasteiger partial charge in [-0.3, -0.25) is 14.7 Å². The van der Waals surface area contributed by atoms with E-state index in [1.54, 1.807) is 23.9 Å². The normalized spacial score (nSPS) is 23.5. The van der Waals surface area contributed by atoms with E-state index in [1.165, 1.54) is 19.3 Å². The molecular formula is C24H33N5O3. The molecule has 2 aliphatic carbocycles. The topological polar surface area (TPSA) is 95.3 Å². The summed E-state index contributed by atoms with van der Waals surface area (Å²) >= 11 is 0. The van der Waals surface area contributed by atoms with Gasteiger partial charge in [-0.25, -0.2) is 0 Å². The number of carbonyl (C=O) groups is 2. The molecule has 1 atom stereocenters. The van der Waals surface area contributed by atoms with Gasteiger partial charge in [0.2, 0.25) is 5.91 Å². The molecule has 3 aliphatic rings. The van der Waals surface area contributed by atoms with Gasteiger partial charge < -0.3 is 14.3 Å². The number of nitrogens with one attached hydrogen (secondary N) is 1. The largest absolute Gasteiger partial charge is 0.361 e. The van der Waals surface area contributed by atoms with Crippen LogP contribution in [0.3, 0.4) is 0 Å². The summed E-state index contributed by atoms with van der Waals surface area (Å²) in [6.07, 6.45) is 10.1. The number of fused-ring (bicyclic) bond motifs is 1. The minimum Gasteiger partial charge on any atom is -0.361 e. The van der Waals surface area contributed by atoms with Crippen LogP contribution >= 0.6 is 0 Å². The van der Waals surface area contributed by atoms with Gasteiger partial charge in [0.15, 0.2) is 5.69 Å². The summed E-state index contributed by atoms with van der Waals surface area (Å²) in [5, 5.41) is 11.7. The SMILES string of the molecule is CN(C)C(=O)[C@]1(Cc2cc(C3CCCCC3)no2)CCN(C(=O)c2n[nH]c3c2CCC3)C1. The molecule has 0 unspecified atom stereocenters. The average molecular weight is 440 g/mol. The number of nitrogens with zero attached hydrogens (tertiary/aromatic N) is 4. The van der Waals surface area contributed by atoms with Gasteiger partial charge in [-0.1, -0.05) is 24.4 Å². The summed E-state index contributed by atoms with van der Waals surface area (Å²) in [5.41, 5.74) is 3.00. The molecule has 2 fully saturated rings. The Hall–Kier alpha value is -2.64. The van der Waals surface area contributed by atoms with Crippen LogP contribution in [0.25, 0.3) is 0 Å². The predicted molar refractivity (Wildman–Crippen MR) is 118 cm³/mol. The molecule has 8 heteroatoms. The van der Waals surface area contributed by atoms with Crippen LogP contribution in [-0.2, 0) is 24.1 Å². The predicted octanol–water partition coefficient (Wildman–Crippen LogP) is 3.10. The zero-order valence-corrected chi connectivity index (χ0v) is 19.2. The van der Waals surface area contributed by atoms with Gasteiger partial charge in [-0.05, 0) is 38.5 Å². The highest BCUT2D eigenvalue weighted by atomic mass is 16.5. The number of likely N-dealkylation sites (tertiary alicyclic amines) is 1. The second-order valence-corrected chi connectivity index (χ2v) is 10.1. The molecule has 1 aliphatic heterocycles. The molecule has 5 rings (SSSR count). The summed E-state index contributed by atoms with van der Waals surface area (Å²) < 4.78 is 5.72. The van der Waals surface area contributed by atoms with Gasteiger partial charge in [0.25, 0.3) is 5.91 Å². The lowest BCUT2D eigenvalue weighted by molar-refractivity contribution is -0.139. The van der Waals surface area contributed by atoms with Crippen LogP contribution in [0, 0.1) is 5.41 Å². The third kappa shape index (κ3) is 3.73. The number of carbonyl (C=O) groups excluding carboxylic acids is 2. The van der Waals surface area contributed by atoms with Crippen molar-refractivity contribution >= 4 is 11.8 Å². The van der Waals surface area contributed by atoms with Crippen molar-refractivity contribution in [2.75, 3.05) is 27.2 Å². The highest BCUT2D eigenvalue weighted by Crippen LogP contribution is 2.39. The molecule has 2 amide bonds. The summed E-state index contributed by atoms with van der Waals surface area (Å²) in [5.74, 6) is 1.18. The van der Waals surface area contributed by atoms with Gasteiger partial charge in [-0.15, -0.1) is 0 Å². The second-order valence-electron chi connectivity index (χ2n) is 10.1. The highest BCUT2D eigenvalue weighted by Gasteiger charge is 2.48.